The minimum absolute atomic E-state index is 0.0422. The lowest BCUT2D eigenvalue weighted by Gasteiger charge is -2.12. The normalized spacial score (nSPS) is 10.7. The van der Waals surface area contributed by atoms with Gasteiger partial charge in [-0.2, -0.15) is 0 Å². The summed E-state index contributed by atoms with van der Waals surface area (Å²) in [6.45, 7) is 3.83. The van der Waals surface area contributed by atoms with Gasteiger partial charge in [0, 0.05) is 14.5 Å². The van der Waals surface area contributed by atoms with Gasteiger partial charge < -0.3 is 10.4 Å². The van der Waals surface area contributed by atoms with Crippen molar-refractivity contribution >= 4 is 51.5 Å². The lowest BCUT2D eigenvalue weighted by Crippen LogP contribution is -2.10. The summed E-state index contributed by atoms with van der Waals surface area (Å²) in [7, 11) is 0. The van der Waals surface area contributed by atoms with Crippen molar-refractivity contribution in [3.8, 4) is 0 Å². The molecule has 0 fully saturated rings. The van der Waals surface area contributed by atoms with E-state index in [4.69, 9.17) is 11.6 Å². The SMILES string of the molecule is CC(C)c1ncc(Nc2ccc(Cl)cc2I)c(C(=O)O)n1. The van der Waals surface area contributed by atoms with E-state index in [-0.39, 0.29) is 11.6 Å². The summed E-state index contributed by atoms with van der Waals surface area (Å²) in [6.07, 6.45) is 1.50. The number of hydrogen-bond acceptors (Lipinski definition) is 4. The summed E-state index contributed by atoms with van der Waals surface area (Å²) >= 11 is 8.03. The van der Waals surface area contributed by atoms with E-state index < -0.39 is 5.97 Å². The molecule has 110 valence electrons. The van der Waals surface area contributed by atoms with Crippen molar-refractivity contribution in [3.63, 3.8) is 0 Å². The molecule has 1 aromatic carbocycles. The fourth-order valence-electron chi connectivity index (χ4n) is 1.66. The van der Waals surface area contributed by atoms with Gasteiger partial charge in [-0.05, 0) is 40.8 Å². The van der Waals surface area contributed by atoms with Crippen LogP contribution in [0.15, 0.2) is 24.4 Å². The van der Waals surface area contributed by atoms with Crippen LogP contribution in [0.25, 0.3) is 0 Å². The van der Waals surface area contributed by atoms with E-state index in [0.717, 1.165) is 9.26 Å². The van der Waals surface area contributed by atoms with Crippen molar-refractivity contribution in [1.82, 2.24) is 9.97 Å². The number of carbonyl (C=O) groups is 1. The Labute approximate surface area is 140 Å². The van der Waals surface area contributed by atoms with Crippen LogP contribution in [0.2, 0.25) is 5.02 Å². The smallest absolute Gasteiger partial charge is 0.356 e. The molecule has 2 N–H and O–H groups in total. The summed E-state index contributed by atoms with van der Waals surface area (Å²) in [5, 5.41) is 13.0. The predicted molar refractivity (Wildman–Crippen MR) is 90.5 cm³/mol. The van der Waals surface area contributed by atoms with Crippen molar-refractivity contribution in [3.05, 3.63) is 44.5 Å². The van der Waals surface area contributed by atoms with E-state index in [1.165, 1.54) is 6.20 Å². The largest absolute Gasteiger partial charge is 0.476 e. The maximum absolute atomic E-state index is 11.4. The molecule has 0 atom stereocenters. The van der Waals surface area contributed by atoms with E-state index in [0.29, 0.717) is 16.5 Å². The first-order valence-electron chi connectivity index (χ1n) is 6.20. The van der Waals surface area contributed by atoms with Crippen LogP contribution in [0.5, 0.6) is 0 Å². The molecule has 1 heterocycles. The fraction of sp³-hybridized carbons (Fsp3) is 0.214. The van der Waals surface area contributed by atoms with Gasteiger partial charge in [0.2, 0.25) is 0 Å². The summed E-state index contributed by atoms with van der Waals surface area (Å²) in [5.41, 5.74) is 1.06. The number of nitrogens with one attached hydrogen (secondary N) is 1. The first kappa shape index (κ1) is 16.0. The number of nitrogens with zero attached hydrogens (tertiary/aromatic N) is 2. The van der Waals surface area contributed by atoms with Gasteiger partial charge in [0.25, 0.3) is 0 Å². The first-order chi connectivity index (χ1) is 9.88. The number of carboxylic acids is 1. The van der Waals surface area contributed by atoms with Crippen molar-refractivity contribution in [2.24, 2.45) is 0 Å². The number of anilines is 2. The van der Waals surface area contributed by atoms with Gasteiger partial charge in [-0.25, -0.2) is 14.8 Å². The molecule has 2 rings (SSSR count). The zero-order chi connectivity index (χ0) is 15.6. The second-order valence-electron chi connectivity index (χ2n) is 4.70. The Balaban J connectivity index is 2.41. The Morgan fingerprint density at radius 2 is 2.10 bits per heavy atom. The zero-order valence-electron chi connectivity index (χ0n) is 11.4. The molecule has 2 aromatic rings. The highest BCUT2D eigenvalue weighted by Crippen LogP contribution is 2.27. The topological polar surface area (TPSA) is 75.1 Å². The summed E-state index contributed by atoms with van der Waals surface area (Å²) in [5.74, 6) is -0.526. The molecule has 0 unspecified atom stereocenters. The number of hydrogen-bond donors (Lipinski definition) is 2. The lowest BCUT2D eigenvalue weighted by atomic mass is 10.2. The van der Waals surface area contributed by atoms with Crippen molar-refractivity contribution < 1.29 is 9.90 Å². The van der Waals surface area contributed by atoms with E-state index >= 15 is 0 Å². The molecule has 0 radical (unpaired) electrons. The maximum Gasteiger partial charge on any atom is 0.356 e. The summed E-state index contributed by atoms with van der Waals surface area (Å²) < 4.78 is 0.879. The molecule has 0 spiro atoms. The third kappa shape index (κ3) is 3.82. The highest BCUT2D eigenvalue weighted by Gasteiger charge is 2.16. The van der Waals surface area contributed by atoms with Crippen LogP contribution >= 0.6 is 34.2 Å². The fourth-order valence-corrected chi connectivity index (χ4v) is 2.67. The number of carboxylic acid groups (broad SMARTS) is 1. The van der Waals surface area contributed by atoms with Gasteiger partial charge in [-0.15, -0.1) is 0 Å². The minimum Gasteiger partial charge on any atom is -0.476 e. The van der Waals surface area contributed by atoms with E-state index in [1.807, 2.05) is 13.8 Å². The monoisotopic (exact) mass is 417 g/mol. The Kier molecular flexibility index (Phi) is 5.00. The van der Waals surface area contributed by atoms with E-state index in [9.17, 15) is 9.90 Å². The van der Waals surface area contributed by atoms with Gasteiger partial charge in [0.05, 0.1) is 17.6 Å². The molecule has 0 saturated carbocycles. The molecular formula is C14H13ClIN3O2. The van der Waals surface area contributed by atoms with E-state index in [1.54, 1.807) is 18.2 Å². The van der Waals surface area contributed by atoms with Gasteiger partial charge in [0.15, 0.2) is 5.69 Å². The average molecular weight is 418 g/mol. The van der Waals surface area contributed by atoms with E-state index in [2.05, 4.69) is 37.9 Å². The van der Waals surface area contributed by atoms with Crippen molar-refractivity contribution in [1.29, 1.82) is 0 Å². The van der Waals surface area contributed by atoms with Gasteiger partial charge in [-0.3, -0.25) is 0 Å². The molecule has 0 aliphatic carbocycles. The quantitative estimate of drug-likeness (QED) is 0.726. The molecule has 21 heavy (non-hydrogen) atoms. The van der Waals surface area contributed by atoms with Gasteiger partial charge in [-0.1, -0.05) is 25.4 Å². The number of rotatable bonds is 4. The standard InChI is InChI=1S/C14H13ClIN3O2/c1-7(2)13-17-6-11(12(19-13)14(20)21)18-10-4-3-8(15)5-9(10)16/h3-7,18H,1-2H3,(H,20,21). The molecule has 0 bridgehead atoms. The Morgan fingerprint density at radius 1 is 1.38 bits per heavy atom. The number of aromatic carboxylic acids is 1. The minimum atomic E-state index is -1.09. The molecule has 0 aliphatic rings. The molecular weight excluding hydrogens is 405 g/mol. The zero-order valence-corrected chi connectivity index (χ0v) is 14.3. The highest BCUT2D eigenvalue weighted by molar-refractivity contribution is 14.1. The third-order valence-electron chi connectivity index (χ3n) is 2.73. The predicted octanol–water partition coefficient (Wildman–Crippen LogP) is 4.30. The molecule has 0 amide bonds. The number of halogens is 2. The van der Waals surface area contributed by atoms with Gasteiger partial charge >= 0.3 is 5.97 Å². The lowest BCUT2D eigenvalue weighted by molar-refractivity contribution is 0.0691. The Bertz CT molecular complexity index is 692. The molecule has 5 nitrogen and oxygen atoms in total. The third-order valence-corrected chi connectivity index (χ3v) is 3.85. The molecule has 7 heteroatoms. The summed E-state index contributed by atoms with van der Waals surface area (Å²) in [4.78, 5) is 19.7. The Morgan fingerprint density at radius 3 is 2.67 bits per heavy atom. The van der Waals surface area contributed by atoms with Crippen LogP contribution < -0.4 is 5.32 Å². The Hall–Kier alpha value is -1.41. The van der Waals surface area contributed by atoms with Crippen LogP contribution in [0.1, 0.15) is 36.1 Å². The molecule has 1 aromatic heterocycles. The molecule has 0 aliphatic heterocycles. The first-order valence-corrected chi connectivity index (χ1v) is 7.66. The maximum atomic E-state index is 11.4. The number of benzene rings is 1. The van der Waals surface area contributed by atoms with Gasteiger partial charge in [0.1, 0.15) is 5.82 Å². The van der Waals surface area contributed by atoms with Crippen LogP contribution in [-0.2, 0) is 0 Å². The summed E-state index contributed by atoms with van der Waals surface area (Å²) in [6, 6.07) is 5.30. The highest BCUT2D eigenvalue weighted by atomic mass is 127. The second-order valence-corrected chi connectivity index (χ2v) is 6.30. The van der Waals surface area contributed by atoms with Crippen LogP contribution in [0.4, 0.5) is 11.4 Å². The second kappa shape index (κ2) is 6.57. The van der Waals surface area contributed by atoms with Crippen LogP contribution in [0, 0.1) is 3.57 Å². The van der Waals surface area contributed by atoms with Crippen LogP contribution in [-0.4, -0.2) is 21.0 Å². The van der Waals surface area contributed by atoms with Crippen molar-refractivity contribution in [2.45, 2.75) is 19.8 Å². The molecule has 0 saturated heterocycles. The average Bonchev–Trinajstić information content (AvgIpc) is 2.41. The van der Waals surface area contributed by atoms with Crippen LogP contribution in [0.3, 0.4) is 0 Å². The number of aromatic nitrogens is 2. The van der Waals surface area contributed by atoms with Crippen molar-refractivity contribution in [2.75, 3.05) is 5.32 Å².